The summed E-state index contributed by atoms with van der Waals surface area (Å²) in [6.45, 7) is 14.9. The molecule has 2 aromatic rings. The summed E-state index contributed by atoms with van der Waals surface area (Å²) in [6.07, 6.45) is 0.423. The number of rotatable bonds is 8. The molecule has 212 valence electrons. The Bertz CT molecular complexity index is 1260. The number of carbonyl (C=O) groups is 3. The van der Waals surface area contributed by atoms with E-state index in [0.29, 0.717) is 12.0 Å². The summed E-state index contributed by atoms with van der Waals surface area (Å²) in [6, 6.07) is 8.21. The van der Waals surface area contributed by atoms with Crippen molar-refractivity contribution in [1.82, 2.24) is 5.32 Å². The zero-order valence-corrected chi connectivity index (χ0v) is 25.0. The maximum atomic E-state index is 13.3. The van der Waals surface area contributed by atoms with Crippen LogP contribution in [0.15, 0.2) is 30.3 Å². The van der Waals surface area contributed by atoms with Gasteiger partial charge < -0.3 is 15.5 Å². The molecule has 0 heterocycles. The van der Waals surface area contributed by atoms with Crippen molar-refractivity contribution in [3.63, 3.8) is 0 Å². The van der Waals surface area contributed by atoms with Gasteiger partial charge in [0.25, 0.3) is 11.2 Å². The SMILES string of the molecule is Cc1cc(C(C)(O)[PH+]=O)cc(C)c1Cc1ccc(O)c(C(=O)NC(C)(C(=O)OOC(=O)C(C)(C)C)C(C)C)c1. The third-order valence-corrected chi connectivity index (χ3v) is 7.59. The van der Waals surface area contributed by atoms with Gasteiger partial charge in [0, 0.05) is 12.5 Å². The fourth-order valence-corrected chi connectivity index (χ4v) is 3.98. The van der Waals surface area contributed by atoms with Crippen LogP contribution in [0.25, 0.3) is 0 Å². The van der Waals surface area contributed by atoms with Crippen LogP contribution in [0.4, 0.5) is 0 Å². The highest BCUT2D eigenvalue weighted by Crippen LogP contribution is 2.34. The highest BCUT2D eigenvalue weighted by Gasteiger charge is 2.42. The summed E-state index contributed by atoms with van der Waals surface area (Å²) in [5.41, 5.74) is 1.48. The second-order valence-electron chi connectivity index (χ2n) is 11.6. The van der Waals surface area contributed by atoms with Crippen molar-refractivity contribution < 1.29 is 38.9 Å². The molecule has 0 saturated heterocycles. The molecular weight excluding hydrogens is 521 g/mol. The van der Waals surface area contributed by atoms with Gasteiger partial charge in [0.15, 0.2) is 0 Å². The number of benzene rings is 2. The van der Waals surface area contributed by atoms with E-state index in [1.165, 1.54) is 19.9 Å². The van der Waals surface area contributed by atoms with Gasteiger partial charge in [0.05, 0.1) is 11.0 Å². The molecule has 0 bridgehead atoms. The number of aliphatic hydroxyl groups is 1. The van der Waals surface area contributed by atoms with Crippen LogP contribution in [0, 0.1) is 25.2 Å². The van der Waals surface area contributed by atoms with Crippen molar-refractivity contribution in [1.29, 1.82) is 0 Å². The second-order valence-corrected chi connectivity index (χ2v) is 12.8. The van der Waals surface area contributed by atoms with Crippen LogP contribution < -0.4 is 5.32 Å². The van der Waals surface area contributed by atoms with Crippen LogP contribution in [-0.2, 0) is 35.7 Å². The first-order valence-electron chi connectivity index (χ1n) is 12.6. The number of phenols is 1. The maximum Gasteiger partial charge on any atom is 0.380 e. The van der Waals surface area contributed by atoms with Gasteiger partial charge in [0.2, 0.25) is 0 Å². The number of hydrogen-bond donors (Lipinski definition) is 3. The Kier molecular flexibility index (Phi) is 9.69. The third kappa shape index (κ3) is 7.43. The predicted octanol–water partition coefficient (Wildman–Crippen LogP) is 4.98. The van der Waals surface area contributed by atoms with E-state index in [1.807, 2.05) is 13.8 Å². The predicted molar refractivity (Wildman–Crippen MR) is 148 cm³/mol. The van der Waals surface area contributed by atoms with Crippen molar-refractivity contribution >= 4 is 26.3 Å². The van der Waals surface area contributed by atoms with Gasteiger partial charge in [-0.05, 0) is 100 Å². The molecule has 0 saturated carbocycles. The van der Waals surface area contributed by atoms with Gasteiger partial charge in [-0.1, -0.05) is 24.5 Å². The van der Waals surface area contributed by atoms with Crippen molar-refractivity contribution in [2.75, 3.05) is 0 Å². The third-order valence-electron chi connectivity index (χ3n) is 6.90. The molecule has 0 spiro atoms. The molecule has 3 unspecified atom stereocenters. The van der Waals surface area contributed by atoms with Gasteiger partial charge in [0.1, 0.15) is 11.3 Å². The molecule has 0 fully saturated rings. The zero-order chi connectivity index (χ0) is 29.9. The topological polar surface area (TPSA) is 139 Å². The molecule has 0 aliphatic rings. The Morgan fingerprint density at radius 1 is 0.949 bits per heavy atom. The van der Waals surface area contributed by atoms with E-state index < -0.39 is 48.5 Å². The molecule has 3 atom stereocenters. The molecule has 10 heteroatoms. The molecule has 2 rings (SSSR count). The molecule has 9 nitrogen and oxygen atoms in total. The summed E-state index contributed by atoms with van der Waals surface area (Å²) >= 11 is 0. The van der Waals surface area contributed by atoms with Gasteiger partial charge in [-0.2, -0.15) is 0 Å². The molecule has 1 amide bonds. The first kappa shape index (κ1) is 31.9. The normalized spacial score (nSPS) is 14.8. The van der Waals surface area contributed by atoms with Crippen LogP contribution in [0.3, 0.4) is 0 Å². The Morgan fingerprint density at radius 2 is 1.49 bits per heavy atom. The smallest absolute Gasteiger partial charge is 0.380 e. The van der Waals surface area contributed by atoms with Crippen molar-refractivity contribution in [3.8, 4) is 5.75 Å². The lowest BCUT2D eigenvalue weighted by atomic mass is 9.88. The molecular formula is C29H39NO8P+. The average Bonchev–Trinajstić information content (AvgIpc) is 2.84. The van der Waals surface area contributed by atoms with Crippen LogP contribution in [0.1, 0.15) is 86.6 Å². The molecule has 2 aromatic carbocycles. The molecule has 3 N–H and O–H groups in total. The second kappa shape index (κ2) is 11.8. The minimum absolute atomic E-state index is 0.0405. The van der Waals surface area contributed by atoms with Crippen molar-refractivity contribution in [2.24, 2.45) is 11.3 Å². The van der Waals surface area contributed by atoms with Crippen LogP contribution >= 0.6 is 8.46 Å². The molecule has 0 aliphatic heterocycles. The number of aromatic hydroxyl groups is 1. The summed E-state index contributed by atoms with van der Waals surface area (Å²) < 4.78 is 11.4. The van der Waals surface area contributed by atoms with Crippen molar-refractivity contribution in [3.05, 3.63) is 63.7 Å². The molecule has 0 aliphatic carbocycles. The lowest BCUT2D eigenvalue weighted by Crippen LogP contribution is -2.56. The molecule has 39 heavy (non-hydrogen) atoms. The number of hydrogen-bond acceptors (Lipinski definition) is 8. The minimum atomic E-state index is -1.57. The lowest BCUT2D eigenvalue weighted by molar-refractivity contribution is -0.270. The number of aryl methyl sites for hydroxylation is 2. The minimum Gasteiger partial charge on any atom is -0.507 e. The summed E-state index contributed by atoms with van der Waals surface area (Å²) in [5.74, 6) is -3.13. The highest BCUT2D eigenvalue weighted by atomic mass is 31.1. The largest absolute Gasteiger partial charge is 0.507 e. The van der Waals surface area contributed by atoms with Crippen LogP contribution in [0.5, 0.6) is 5.75 Å². The Hall–Kier alpha value is -3.29. The number of carbonyl (C=O) groups excluding carboxylic acids is 3. The van der Waals surface area contributed by atoms with Crippen molar-refractivity contribution in [2.45, 2.75) is 79.6 Å². The Labute approximate surface area is 231 Å². The van der Waals surface area contributed by atoms with E-state index in [0.717, 1.165) is 22.3 Å². The highest BCUT2D eigenvalue weighted by molar-refractivity contribution is 7.25. The van der Waals surface area contributed by atoms with E-state index in [4.69, 9.17) is 9.78 Å². The van der Waals surface area contributed by atoms with E-state index in [1.54, 1.807) is 58.9 Å². The lowest BCUT2D eigenvalue weighted by Gasteiger charge is -2.31. The maximum absolute atomic E-state index is 13.3. The quantitative estimate of drug-likeness (QED) is 0.233. The van der Waals surface area contributed by atoms with Gasteiger partial charge in [-0.15, -0.1) is 0 Å². The summed E-state index contributed by atoms with van der Waals surface area (Å²) in [7, 11) is -0.919. The summed E-state index contributed by atoms with van der Waals surface area (Å²) in [4.78, 5) is 47.7. The number of amides is 1. The standard InChI is InChI=1S/C29H38NO8P/c1-16(2)28(8,26(34)38-37-25(33)27(5,6)7)30-24(32)22-15-19(10-11-23(22)31)14-21-17(3)12-20(13-18(21)4)29(9,35)39-36/h10-13,15-16,31,35H,14H2,1-9H3,(H,30,32)/p+1. The summed E-state index contributed by atoms with van der Waals surface area (Å²) in [5, 5.41) is 22.0. The fraction of sp³-hybridized carbons (Fsp3) is 0.483. The molecule has 0 aromatic heterocycles. The van der Waals surface area contributed by atoms with E-state index in [9.17, 15) is 29.2 Å². The van der Waals surface area contributed by atoms with E-state index in [2.05, 4.69) is 5.32 Å². The zero-order valence-electron chi connectivity index (χ0n) is 24.0. The Balaban J connectivity index is 2.32. The average molecular weight is 561 g/mol. The van der Waals surface area contributed by atoms with Gasteiger partial charge in [-0.3, -0.25) is 4.79 Å². The van der Waals surface area contributed by atoms with Gasteiger partial charge in [-0.25, -0.2) is 19.4 Å². The van der Waals surface area contributed by atoms with E-state index in [-0.39, 0.29) is 11.3 Å². The first-order chi connectivity index (χ1) is 17.8. The number of phenolic OH excluding ortho intramolecular Hbond substituents is 1. The number of nitrogens with one attached hydrogen (secondary N) is 1. The molecule has 0 radical (unpaired) electrons. The van der Waals surface area contributed by atoms with Crippen LogP contribution in [-0.4, -0.2) is 33.6 Å². The first-order valence-corrected chi connectivity index (χ1v) is 13.5. The fourth-order valence-electron chi connectivity index (χ4n) is 3.71. The monoisotopic (exact) mass is 560 g/mol. The van der Waals surface area contributed by atoms with Crippen LogP contribution in [0.2, 0.25) is 0 Å². The van der Waals surface area contributed by atoms with Gasteiger partial charge >= 0.3 is 20.4 Å². The van der Waals surface area contributed by atoms with E-state index >= 15 is 0 Å². The Morgan fingerprint density at radius 3 is 1.97 bits per heavy atom.